The number of carboxylic acid groups (broad SMARTS) is 1. The monoisotopic (exact) mass is 300 g/mol. The summed E-state index contributed by atoms with van der Waals surface area (Å²) < 4.78 is 28.9. The molecule has 2 heterocycles. The summed E-state index contributed by atoms with van der Waals surface area (Å²) in [4.78, 5) is 16.8. The number of nitrogens with zero attached hydrogens (tertiary/aromatic N) is 2. The molecule has 1 atom stereocenters. The van der Waals surface area contributed by atoms with Gasteiger partial charge in [-0.3, -0.25) is 4.79 Å². The number of carboxylic acids is 1. The lowest BCUT2D eigenvalue weighted by Gasteiger charge is -2.33. The molecule has 7 nitrogen and oxygen atoms in total. The molecule has 1 unspecified atom stereocenters. The molecule has 0 aliphatic carbocycles. The van der Waals surface area contributed by atoms with Gasteiger partial charge in [0.25, 0.3) is 0 Å². The number of morpholine rings is 1. The summed E-state index contributed by atoms with van der Waals surface area (Å²) in [5.41, 5.74) is 0. The van der Waals surface area contributed by atoms with Gasteiger partial charge in [0.15, 0.2) is 9.84 Å². The van der Waals surface area contributed by atoms with Crippen LogP contribution in [0.2, 0.25) is 0 Å². The minimum atomic E-state index is -3.38. The third-order valence-corrected chi connectivity index (χ3v) is 4.11. The van der Waals surface area contributed by atoms with Crippen LogP contribution < -0.4 is 4.90 Å². The van der Waals surface area contributed by atoms with Gasteiger partial charge in [0.2, 0.25) is 0 Å². The van der Waals surface area contributed by atoms with E-state index >= 15 is 0 Å². The van der Waals surface area contributed by atoms with E-state index in [1.807, 2.05) is 0 Å². The quantitative estimate of drug-likeness (QED) is 0.846. The maximum Gasteiger partial charge on any atom is 0.306 e. The lowest BCUT2D eigenvalue weighted by Crippen LogP contribution is -2.44. The van der Waals surface area contributed by atoms with E-state index in [4.69, 9.17) is 9.84 Å². The average molecular weight is 300 g/mol. The van der Waals surface area contributed by atoms with Crippen LogP contribution in [-0.2, 0) is 19.4 Å². The van der Waals surface area contributed by atoms with Crippen LogP contribution in [0.15, 0.2) is 23.2 Å². The predicted octanol–water partition coefficient (Wildman–Crippen LogP) is 0.165. The van der Waals surface area contributed by atoms with E-state index in [1.54, 1.807) is 11.0 Å². The van der Waals surface area contributed by atoms with Crippen molar-refractivity contribution in [2.75, 3.05) is 30.9 Å². The number of aromatic nitrogens is 1. The topological polar surface area (TPSA) is 96.8 Å². The molecular formula is C12H16N2O5S. The Hall–Kier alpha value is -1.67. The highest BCUT2D eigenvalue weighted by atomic mass is 32.2. The first-order chi connectivity index (χ1) is 9.38. The summed E-state index contributed by atoms with van der Waals surface area (Å²) in [5, 5.41) is 8.80. The molecule has 1 saturated heterocycles. The molecule has 1 aliphatic heterocycles. The third kappa shape index (κ3) is 3.45. The fraction of sp³-hybridized carbons (Fsp3) is 0.500. The van der Waals surface area contributed by atoms with Crippen molar-refractivity contribution >= 4 is 21.6 Å². The van der Waals surface area contributed by atoms with Gasteiger partial charge in [-0.1, -0.05) is 0 Å². The van der Waals surface area contributed by atoms with E-state index in [9.17, 15) is 13.2 Å². The van der Waals surface area contributed by atoms with Crippen LogP contribution in [0.5, 0.6) is 0 Å². The summed E-state index contributed by atoms with van der Waals surface area (Å²) in [7, 11) is -3.38. The molecule has 1 fully saturated rings. The first kappa shape index (κ1) is 14.7. The van der Waals surface area contributed by atoms with E-state index in [1.165, 1.54) is 12.3 Å². The van der Waals surface area contributed by atoms with Gasteiger partial charge in [-0.2, -0.15) is 0 Å². The lowest BCUT2D eigenvalue weighted by atomic mass is 10.2. The van der Waals surface area contributed by atoms with Crippen LogP contribution in [0.3, 0.4) is 0 Å². The van der Waals surface area contributed by atoms with Crippen LogP contribution in [0, 0.1) is 0 Å². The minimum Gasteiger partial charge on any atom is -0.481 e. The average Bonchev–Trinajstić information content (AvgIpc) is 2.37. The van der Waals surface area contributed by atoms with Gasteiger partial charge in [-0.25, -0.2) is 13.4 Å². The zero-order valence-electron chi connectivity index (χ0n) is 11.0. The van der Waals surface area contributed by atoms with Crippen molar-refractivity contribution in [3.63, 3.8) is 0 Å². The second kappa shape index (κ2) is 5.76. The van der Waals surface area contributed by atoms with Crippen molar-refractivity contribution in [3.05, 3.63) is 18.3 Å². The number of anilines is 1. The number of sulfone groups is 1. The zero-order valence-corrected chi connectivity index (χ0v) is 11.8. The molecule has 0 radical (unpaired) electrons. The number of carbonyl (C=O) groups is 1. The molecule has 0 aromatic carbocycles. The highest BCUT2D eigenvalue weighted by molar-refractivity contribution is 7.90. The molecule has 20 heavy (non-hydrogen) atoms. The molecule has 0 amide bonds. The Morgan fingerprint density at radius 2 is 2.35 bits per heavy atom. The van der Waals surface area contributed by atoms with E-state index in [0.717, 1.165) is 6.26 Å². The number of hydrogen-bond donors (Lipinski definition) is 1. The summed E-state index contributed by atoms with van der Waals surface area (Å²) in [6.45, 7) is 1.14. The molecule has 2 rings (SSSR count). The Morgan fingerprint density at radius 3 is 3.00 bits per heavy atom. The summed E-state index contributed by atoms with van der Waals surface area (Å²) in [6, 6.07) is 3.06. The highest BCUT2D eigenvalue weighted by Crippen LogP contribution is 2.24. The number of hydrogen-bond acceptors (Lipinski definition) is 6. The smallest absolute Gasteiger partial charge is 0.306 e. The van der Waals surface area contributed by atoms with Crippen molar-refractivity contribution in [1.29, 1.82) is 0 Å². The SMILES string of the molecule is CS(=O)(=O)c1cccnc1N1CCOC(CC(=O)O)C1. The van der Waals surface area contributed by atoms with Crippen LogP contribution >= 0.6 is 0 Å². The van der Waals surface area contributed by atoms with Crippen LogP contribution in [0.1, 0.15) is 6.42 Å². The molecule has 1 aliphatic rings. The first-order valence-corrected chi connectivity index (χ1v) is 8.00. The first-order valence-electron chi connectivity index (χ1n) is 6.11. The summed E-state index contributed by atoms with van der Waals surface area (Å²) in [6.07, 6.45) is 2.07. The molecule has 1 aromatic heterocycles. The van der Waals surface area contributed by atoms with Crippen molar-refractivity contribution < 1.29 is 23.1 Å². The van der Waals surface area contributed by atoms with Crippen LogP contribution in [0.25, 0.3) is 0 Å². The van der Waals surface area contributed by atoms with Gasteiger partial charge in [0.05, 0.1) is 19.1 Å². The molecular weight excluding hydrogens is 284 g/mol. The number of rotatable bonds is 4. The Balaban J connectivity index is 2.25. The number of ether oxygens (including phenoxy) is 1. The van der Waals surface area contributed by atoms with E-state index in [-0.39, 0.29) is 11.3 Å². The molecule has 110 valence electrons. The van der Waals surface area contributed by atoms with Gasteiger partial charge in [-0.05, 0) is 12.1 Å². The molecule has 8 heteroatoms. The highest BCUT2D eigenvalue weighted by Gasteiger charge is 2.27. The zero-order chi connectivity index (χ0) is 14.8. The Bertz CT molecular complexity index is 602. The Kier molecular flexibility index (Phi) is 4.24. The second-order valence-corrected chi connectivity index (χ2v) is 6.62. The molecule has 0 spiro atoms. The van der Waals surface area contributed by atoms with Crippen LogP contribution in [0.4, 0.5) is 5.82 Å². The van der Waals surface area contributed by atoms with Gasteiger partial charge in [0.1, 0.15) is 10.7 Å². The number of aliphatic carboxylic acids is 1. The van der Waals surface area contributed by atoms with Crippen LogP contribution in [-0.4, -0.2) is 56.5 Å². The van der Waals surface area contributed by atoms with E-state index in [0.29, 0.717) is 25.5 Å². The largest absolute Gasteiger partial charge is 0.481 e. The Morgan fingerprint density at radius 1 is 1.60 bits per heavy atom. The van der Waals surface area contributed by atoms with Gasteiger partial charge in [-0.15, -0.1) is 0 Å². The lowest BCUT2D eigenvalue weighted by molar-refractivity contribution is -0.140. The van der Waals surface area contributed by atoms with Gasteiger partial charge >= 0.3 is 5.97 Å². The van der Waals surface area contributed by atoms with Crippen molar-refractivity contribution in [2.45, 2.75) is 17.4 Å². The Labute approximate surface area is 117 Å². The second-order valence-electron chi connectivity index (χ2n) is 4.63. The normalized spacial score (nSPS) is 19.9. The predicted molar refractivity (Wildman–Crippen MR) is 71.6 cm³/mol. The molecule has 1 N–H and O–H groups in total. The molecule has 0 saturated carbocycles. The third-order valence-electron chi connectivity index (χ3n) is 2.99. The van der Waals surface area contributed by atoms with Crippen molar-refractivity contribution in [3.8, 4) is 0 Å². The van der Waals surface area contributed by atoms with E-state index < -0.39 is 21.9 Å². The number of pyridine rings is 1. The fourth-order valence-electron chi connectivity index (χ4n) is 2.14. The maximum absolute atomic E-state index is 11.8. The van der Waals surface area contributed by atoms with Crippen molar-refractivity contribution in [2.24, 2.45) is 0 Å². The summed E-state index contributed by atoms with van der Waals surface area (Å²) >= 11 is 0. The maximum atomic E-state index is 11.8. The minimum absolute atomic E-state index is 0.114. The summed E-state index contributed by atoms with van der Waals surface area (Å²) in [5.74, 6) is -0.588. The molecule has 1 aromatic rings. The van der Waals surface area contributed by atoms with Crippen molar-refractivity contribution in [1.82, 2.24) is 4.98 Å². The van der Waals surface area contributed by atoms with E-state index in [2.05, 4.69) is 4.98 Å². The van der Waals surface area contributed by atoms with Gasteiger partial charge < -0.3 is 14.7 Å². The fourth-order valence-corrected chi connectivity index (χ4v) is 2.98. The van der Waals surface area contributed by atoms with Gasteiger partial charge in [0, 0.05) is 25.5 Å². The molecule has 0 bridgehead atoms. The standard InChI is InChI=1S/C12H16N2O5S/c1-20(17,18)10-3-2-4-13-12(10)14-5-6-19-9(8-14)7-11(15)16/h2-4,9H,5-8H2,1H3,(H,15,16).